The number of carbonyl (C=O) groups excluding carboxylic acids is 1. The molecular formula is C16H21N3O2S2. The van der Waals surface area contributed by atoms with Crippen molar-refractivity contribution in [3.8, 4) is 0 Å². The van der Waals surface area contributed by atoms with Crippen LogP contribution in [0.2, 0.25) is 0 Å². The number of nitrogens with one attached hydrogen (secondary N) is 1. The van der Waals surface area contributed by atoms with Crippen LogP contribution in [0.3, 0.4) is 0 Å². The largest absolute Gasteiger partial charge is 0.343 e. The van der Waals surface area contributed by atoms with Crippen molar-refractivity contribution < 1.29 is 4.79 Å². The fourth-order valence-electron chi connectivity index (χ4n) is 3.02. The first kappa shape index (κ1) is 16.5. The number of nitrogens with zero attached hydrogens (tertiary/aromatic N) is 2. The average Bonchev–Trinajstić information content (AvgIpc) is 3.08. The molecule has 2 heterocycles. The zero-order valence-corrected chi connectivity index (χ0v) is 15.1. The van der Waals surface area contributed by atoms with Crippen molar-refractivity contribution in [1.82, 2.24) is 14.9 Å². The van der Waals surface area contributed by atoms with Gasteiger partial charge in [0.05, 0.1) is 16.9 Å². The maximum atomic E-state index is 12.3. The summed E-state index contributed by atoms with van der Waals surface area (Å²) >= 11 is 3.15. The van der Waals surface area contributed by atoms with Gasteiger partial charge in [-0.25, -0.2) is 4.98 Å². The van der Waals surface area contributed by atoms with Crippen molar-refractivity contribution in [2.24, 2.45) is 0 Å². The van der Waals surface area contributed by atoms with Gasteiger partial charge in [0, 0.05) is 18.0 Å². The molecule has 124 valence electrons. The molecule has 3 rings (SSSR count). The normalized spacial score (nSPS) is 13.5. The van der Waals surface area contributed by atoms with Crippen LogP contribution in [0, 0.1) is 0 Å². The quantitative estimate of drug-likeness (QED) is 0.869. The van der Waals surface area contributed by atoms with Crippen molar-refractivity contribution >= 4 is 39.2 Å². The zero-order chi connectivity index (χ0) is 16.4. The number of thioether (sulfide) groups is 1. The summed E-state index contributed by atoms with van der Waals surface area (Å²) < 4.78 is 0. The average molecular weight is 351 g/mol. The third-order valence-corrected chi connectivity index (χ3v) is 6.32. The number of rotatable bonds is 6. The predicted octanol–water partition coefficient (Wildman–Crippen LogP) is 2.57. The number of aryl methyl sites for hydroxylation is 2. The van der Waals surface area contributed by atoms with Gasteiger partial charge in [-0.3, -0.25) is 9.59 Å². The molecule has 0 aromatic carbocycles. The highest BCUT2D eigenvalue weighted by atomic mass is 32.2. The minimum Gasteiger partial charge on any atom is -0.343 e. The Balaban J connectivity index is 1.70. The van der Waals surface area contributed by atoms with E-state index >= 15 is 0 Å². The lowest BCUT2D eigenvalue weighted by atomic mass is 10.2. The summed E-state index contributed by atoms with van der Waals surface area (Å²) in [6.07, 6.45) is 3.20. The van der Waals surface area contributed by atoms with E-state index in [4.69, 9.17) is 0 Å². The first-order valence-electron chi connectivity index (χ1n) is 8.03. The fraction of sp³-hybridized carbons (Fsp3) is 0.562. The second-order valence-corrected chi connectivity index (χ2v) is 7.68. The van der Waals surface area contributed by atoms with Crippen molar-refractivity contribution in [1.29, 1.82) is 0 Å². The summed E-state index contributed by atoms with van der Waals surface area (Å²) in [5.41, 5.74) is 1.18. The molecule has 2 aromatic rings. The number of carbonyl (C=O) groups is 1. The second kappa shape index (κ2) is 7.05. The van der Waals surface area contributed by atoms with Crippen LogP contribution >= 0.6 is 23.1 Å². The Kier molecular flexibility index (Phi) is 5.06. The highest BCUT2D eigenvalue weighted by Gasteiger charge is 2.21. The van der Waals surface area contributed by atoms with E-state index in [2.05, 4.69) is 9.97 Å². The van der Waals surface area contributed by atoms with Gasteiger partial charge in [-0.15, -0.1) is 23.1 Å². The molecule has 1 aliphatic rings. The Hall–Kier alpha value is -1.34. The highest BCUT2D eigenvalue weighted by molar-refractivity contribution is 7.99. The van der Waals surface area contributed by atoms with Gasteiger partial charge in [-0.2, -0.15) is 0 Å². The molecule has 1 aliphatic carbocycles. The van der Waals surface area contributed by atoms with Gasteiger partial charge in [0.2, 0.25) is 5.91 Å². The van der Waals surface area contributed by atoms with Crippen molar-refractivity contribution in [3.05, 3.63) is 26.6 Å². The highest BCUT2D eigenvalue weighted by Crippen LogP contribution is 2.34. The first-order valence-corrected chi connectivity index (χ1v) is 10.00. The summed E-state index contributed by atoms with van der Waals surface area (Å²) in [4.78, 5) is 35.8. The van der Waals surface area contributed by atoms with Crippen LogP contribution in [0.15, 0.2) is 4.79 Å². The van der Waals surface area contributed by atoms with E-state index in [0.717, 1.165) is 42.6 Å². The Labute approximate surface area is 143 Å². The Morgan fingerprint density at radius 2 is 2.13 bits per heavy atom. The molecule has 0 fully saturated rings. The minimum absolute atomic E-state index is 0.0277. The van der Waals surface area contributed by atoms with E-state index in [-0.39, 0.29) is 11.5 Å². The van der Waals surface area contributed by atoms with Crippen LogP contribution in [0.4, 0.5) is 0 Å². The van der Waals surface area contributed by atoms with E-state index in [1.165, 1.54) is 22.2 Å². The summed E-state index contributed by atoms with van der Waals surface area (Å²) in [7, 11) is 0. The van der Waals surface area contributed by atoms with Gasteiger partial charge in [-0.1, -0.05) is 0 Å². The van der Waals surface area contributed by atoms with Gasteiger partial charge in [0.15, 0.2) is 0 Å². The molecule has 0 atom stereocenters. The molecule has 2 aromatic heterocycles. The predicted molar refractivity (Wildman–Crippen MR) is 96.4 cm³/mol. The van der Waals surface area contributed by atoms with E-state index in [1.54, 1.807) is 11.3 Å². The summed E-state index contributed by atoms with van der Waals surface area (Å²) in [5.74, 6) is 1.78. The number of aromatic amines is 1. The fourth-order valence-corrected chi connectivity index (χ4v) is 5.09. The second-order valence-electron chi connectivity index (χ2n) is 5.61. The summed E-state index contributed by atoms with van der Waals surface area (Å²) in [5, 5.41) is 0.787. The Morgan fingerprint density at radius 3 is 2.87 bits per heavy atom. The van der Waals surface area contributed by atoms with E-state index in [0.29, 0.717) is 17.3 Å². The van der Waals surface area contributed by atoms with E-state index in [1.807, 2.05) is 18.7 Å². The van der Waals surface area contributed by atoms with Gasteiger partial charge >= 0.3 is 0 Å². The standard InChI is InChI=1S/C16H21N3O2S2/c1-3-19(4-2)13(20)9-22-8-12-17-15(21)14-10-6-5-7-11(10)23-16(14)18-12/h3-9H2,1-2H3,(H,17,18,21). The van der Waals surface area contributed by atoms with Crippen LogP contribution in [0.1, 0.15) is 36.5 Å². The van der Waals surface area contributed by atoms with Crippen LogP contribution < -0.4 is 5.56 Å². The van der Waals surface area contributed by atoms with Gasteiger partial charge in [0.25, 0.3) is 5.56 Å². The van der Waals surface area contributed by atoms with Crippen LogP contribution in [0.5, 0.6) is 0 Å². The van der Waals surface area contributed by atoms with Crippen molar-refractivity contribution in [2.45, 2.75) is 38.9 Å². The Bertz CT molecular complexity index is 777. The molecule has 0 bridgehead atoms. The minimum atomic E-state index is -0.0277. The van der Waals surface area contributed by atoms with Crippen LogP contribution in [-0.2, 0) is 23.4 Å². The molecule has 23 heavy (non-hydrogen) atoms. The monoisotopic (exact) mass is 351 g/mol. The van der Waals surface area contributed by atoms with Crippen molar-refractivity contribution in [2.75, 3.05) is 18.8 Å². The van der Waals surface area contributed by atoms with Crippen molar-refractivity contribution in [3.63, 3.8) is 0 Å². The molecule has 0 saturated heterocycles. The molecular weight excluding hydrogens is 330 g/mol. The Morgan fingerprint density at radius 1 is 1.35 bits per heavy atom. The molecule has 5 nitrogen and oxygen atoms in total. The molecule has 0 aliphatic heterocycles. The number of aromatic nitrogens is 2. The van der Waals surface area contributed by atoms with Gasteiger partial charge < -0.3 is 9.88 Å². The molecule has 0 saturated carbocycles. The molecule has 0 radical (unpaired) electrons. The molecule has 1 N–H and O–H groups in total. The topological polar surface area (TPSA) is 66.1 Å². The van der Waals surface area contributed by atoms with Crippen LogP contribution in [-0.4, -0.2) is 39.6 Å². The molecule has 1 amide bonds. The lowest BCUT2D eigenvalue weighted by Gasteiger charge is -2.17. The van der Waals surface area contributed by atoms with E-state index in [9.17, 15) is 9.59 Å². The number of H-pyrrole nitrogens is 1. The van der Waals surface area contributed by atoms with Gasteiger partial charge in [0.1, 0.15) is 10.7 Å². The third-order valence-electron chi connectivity index (χ3n) is 4.20. The lowest BCUT2D eigenvalue weighted by Crippen LogP contribution is -2.31. The van der Waals surface area contributed by atoms with Crippen LogP contribution in [0.25, 0.3) is 10.2 Å². The number of fused-ring (bicyclic) bond motifs is 3. The summed E-state index contributed by atoms with van der Waals surface area (Å²) in [6.45, 7) is 5.43. The maximum Gasteiger partial charge on any atom is 0.259 e. The molecule has 0 unspecified atom stereocenters. The maximum absolute atomic E-state index is 12.3. The van der Waals surface area contributed by atoms with Gasteiger partial charge in [-0.05, 0) is 38.7 Å². The van der Waals surface area contributed by atoms with E-state index < -0.39 is 0 Å². The smallest absolute Gasteiger partial charge is 0.259 e. The zero-order valence-electron chi connectivity index (χ0n) is 13.5. The molecule has 0 spiro atoms. The number of hydrogen-bond donors (Lipinski definition) is 1. The number of hydrogen-bond acceptors (Lipinski definition) is 5. The SMILES string of the molecule is CCN(CC)C(=O)CSCc1nc2sc3c(c2c(=O)[nH]1)CCC3. The number of thiophene rings is 1. The third kappa shape index (κ3) is 3.30. The lowest BCUT2D eigenvalue weighted by molar-refractivity contribution is -0.127. The number of amides is 1. The first-order chi connectivity index (χ1) is 11.1. The summed E-state index contributed by atoms with van der Waals surface area (Å²) in [6, 6.07) is 0. The molecule has 7 heteroatoms.